The van der Waals surface area contributed by atoms with Gasteiger partial charge in [0.1, 0.15) is 0 Å². The van der Waals surface area contributed by atoms with Crippen molar-refractivity contribution in [2.45, 2.75) is 31.6 Å². The lowest BCUT2D eigenvalue weighted by Crippen LogP contribution is -1.93. The maximum Gasteiger partial charge on any atom is 0.0666 e. The van der Waals surface area contributed by atoms with E-state index in [1.165, 1.54) is 36.9 Å². The van der Waals surface area contributed by atoms with Crippen LogP contribution in [0.3, 0.4) is 0 Å². The van der Waals surface area contributed by atoms with Crippen molar-refractivity contribution in [3.05, 3.63) is 36.2 Å². The molecule has 3 rings (SSSR count). The molecule has 0 bridgehead atoms. The summed E-state index contributed by atoms with van der Waals surface area (Å²) in [6.45, 7) is 0. The first-order valence-electron chi connectivity index (χ1n) is 5.38. The number of hydrogen-bond donors (Lipinski definition) is 0. The predicted octanol–water partition coefficient (Wildman–Crippen LogP) is 2.99. The summed E-state index contributed by atoms with van der Waals surface area (Å²) in [5.74, 6) is 0.717. The van der Waals surface area contributed by atoms with Crippen molar-refractivity contribution in [2.75, 3.05) is 0 Å². The highest BCUT2D eigenvalue weighted by Crippen LogP contribution is 2.33. The minimum atomic E-state index is 0.717. The van der Waals surface area contributed by atoms with Gasteiger partial charge in [0.2, 0.25) is 0 Å². The summed E-state index contributed by atoms with van der Waals surface area (Å²) in [4.78, 5) is 0. The second-order valence-electron chi connectivity index (χ2n) is 4.12. The summed E-state index contributed by atoms with van der Waals surface area (Å²) in [6.07, 6.45) is 7.42. The van der Waals surface area contributed by atoms with Crippen molar-refractivity contribution in [3.8, 4) is 0 Å². The summed E-state index contributed by atoms with van der Waals surface area (Å²) in [5.41, 5.74) is 2.50. The van der Waals surface area contributed by atoms with E-state index in [2.05, 4.69) is 23.3 Å². The topological polar surface area (TPSA) is 17.3 Å². The van der Waals surface area contributed by atoms with Crippen molar-refractivity contribution in [1.29, 1.82) is 0 Å². The molecule has 0 unspecified atom stereocenters. The monoisotopic (exact) mass is 186 g/mol. The van der Waals surface area contributed by atoms with E-state index in [9.17, 15) is 0 Å². The molecule has 0 radical (unpaired) electrons. The molecule has 2 heteroatoms. The summed E-state index contributed by atoms with van der Waals surface area (Å²) in [7, 11) is 0. The molecule has 0 saturated heterocycles. The summed E-state index contributed by atoms with van der Waals surface area (Å²) in [6, 6.07) is 8.44. The fourth-order valence-corrected chi connectivity index (χ4v) is 2.38. The zero-order valence-corrected chi connectivity index (χ0v) is 8.19. The van der Waals surface area contributed by atoms with E-state index in [4.69, 9.17) is 0 Å². The molecule has 2 heterocycles. The van der Waals surface area contributed by atoms with Gasteiger partial charge < -0.3 is 0 Å². The van der Waals surface area contributed by atoms with Crippen molar-refractivity contribution >= 4 is 5.52 Å². The number of rotatable bonds is 1. The van der Waals surface area contributed by atoms with Crippen molar-refractivity contribution in [2.24, 2.45) is 0 Å². The lowest BCUT2D eigenvalue weighted by atomic mass is 10.0. The van der Waals surface area contributed by atoms with Crippen molar-refractivity contribution < 1.29 is 0 Å². The van der Waals surface area contributed by atoms with E-state index in [0.717, 1.165) is 5.92 Å². The van der Waals surface area contributed by atoms with E-state index >= 15 is 0 Å². The standard InChI is InChI=1S/C12H14N2/c1-2-6-10(5-1)12-9-11-7-3-4-8-14(11)13-12/h3-4,7-10H,1-2,5-6H2. The Morgan fingerprint density at radius 3 is 2.86 bits per heavy atom. The van der Waals surface area contributed by atoms with Crippen LogP contribution in [-0.2, 0) is 0 Å². The summed E-state index contributed by atoms with van der Waals surface area (Å²) < 4.78 is 1.98. The van der Waals surface area contributed by atoms with Crippen LogP contribution in [-0.4, -0.2) is 9.61 Å². The second kappa shape index (κ2) is 3.12. The Labute approximate surface area is 83.6 Å². The Bertz CT molecular complexity index is 405. The molecule has 2 nitrogen and oxygen atoms in total. The van der Waals surface area contributed by atoms with Crippen LogP contribution >= 0.6 is 0 Å². The fraction of sp³-hybridized carbons (Fsp3) is 0.417. The highest BCUT2D eigenvalue weighted by atomic mass is 15.2. The van der Waals surface area contributed by atoms with E-state index in [-0.39, 0.29) is 0 Å². The van der Waals surface area contributed by atoms with Gasteiger partial charge in [0.25, 0.3) is 0 Å². The Kier molecular flexibility index (Phi) is 1.79. The highest BCUT2D eigenvalue weighted by Gasteiger charge is 2.19. The van der Waals surface area contributed by atoms with Crippen LogP contribution in [0.5, 0.6) is 0 Å². The van der Waals surface area contributed by atoms with Gasteiger partial charge in [0.15, 0.2) is 0 Å². The van der Waals surface area contributed by atoms with Crippen LogP contribution in [0.1, 0.15) is 37.3 Å². The smallest absolute Gasteiger partial charge is 0.0666 e. The average molecular weight is 186 g/mol. The Balaban J connectivity index is 2.05. The SMILES string of the molecule is c1ccn2nc(C3CCCC3)cc2c1. The van der Waals surface area contributed by atoms with E-state index in [0.29, 0.717) is 0 Å². The molecule has 0 amide bonds. The summed E-state index contributed by atoms with van der Waals surface area (Å²) >= 11 is 0. The fourth-order valence-electron chi connectivity index (χ4n) is 2.38. The number of aromatic nitrogens is 2. The molecule has 1 fully saturated rings. The lowest BCUT2D eigenvalue weighted by Gasteiger charge is -2.02. The molecular weight excluding hydrogens is 172 g/mol. The molecule has 1 aliphatic carbocycles. The van der Waals surface area contributed by atoms with E-state index < -0.39 is 0 Å². The third kappa shape index (κ3) is 1.22. The minimum Gasteiger partial charge on any atom is -0.241 e. The van der Waals surface area contributed by atoms with Crippen LogP contribution in [0.15, 0.2) is 30.5 Å². The molecule has 0 spiro atoms. The van der Waals surface area contributed by atoms with Gasteiger partial charge in [-0.1, -0.05) is 18.9 Å². The first kappa shape index (κ1) is 8.04. The number of hydrogen-bond acceptors (Lipinski definition) is 1. The zero-order chi connectivity index (χ0) is 9.38. The van der Waals surface area contributed by atoms with Crippen LogP contribution in [0, 0.1) is 0 Å². The van der Waals surface area contributed by atoms with Gasteiger partial charge in [-0.25, -0.2) is 4.52 Å². The molecule has 0 aliphatic heterocycles. The van der Waals surface area contributed by atoms with Crippen LogP contribution in [0.2, 0.25) is 0 Å². The third-order valence-corrected chi connectivity index (χ3v) is 3.16. The van der Waals surface area contributed by atoms with Crippen LogP contribution in [0.4, 0.5) is 0 Å². The first-order valence-corrected chi connectivity index (χ1v) is 5.38. The molecule has 2 aromatic rings. The van der Waals surface area contributed by atoms with Crippen molar-refractivity contribution in [3.63, 3.8) is 0 Å². The molecule has 0 aromatic carbocycles. The van der Waals surface area contributed by atoms with Gasteiger partial charge in [-0.05, 0) is 31.0 Å². The van der Waals surface area contributed by atoms with Gasteiger partial charge in [-0.15, -0.1) is 0 Å². The molecular formula is C12H14N2. The van der Waals surface area contributed by atoms with E-state index in [1.54, 1.807) is 0 Å². The van der Waals surface area contributed by atoms with Crippen molar-refractivity contribution in [1.82, 2.24) is 9.61 Å². The van der Waals surface area contributed by atoms with Gasteiger partial charge in [-0.3, -0.25) is 0 Å². The number of nitrogens with zero attached hydrogens (tertiary/aromatic N) is 2. The second-order valence-corrected chi connectivity index (χ2v) is 4.12. The maximum atomic E-state index is 4.61. The zero-order valence-electron chi connectivity index (χ0n) is 8.19. The minimum absolute atomic E-state index is 0.717. The Hall–Kier alpha value is -1.31. The first-order chi connectivity index (χ1) is 6.93. The molecule has 2 aromatic heterocycles. The third-order valence-electron chi connectivity index (χ3n) is 3.16. The van der Waals surface area contributed by atoms with Gasteiger partial charge in [-0.2, -0.15) is 5.10 Å². The highest BCUT2D eigenvalue weighted by molar-refractivity contribution is 5.47. The van der Waals surface area contributed by atoms with E-state index in [1.807, 2.05) is 16.8 Å². The molecule has 1 aliphatic rings. The molecule has 14 heavy (non-hydrogen) atoms. The normalized spacial score (nSPS) is 18.0. The molecule has 1 saturated carbocycles. The maximum absolute atomic E-state index is 4.61. The van der Waals surface area contributed by atoms with Gasteiger partial charge >= 0.3 is 0 Å². The molecule has 72 valence electrons. The Morgan fingerprint density at radius 1 is 1.21 bits per heavy atom. The number of fused-ring (bicyclic) bond motifs is 1. The summed E-state index contributed by atoms with van der Waals surface area (Å²) in [5, 5.41) is 4.61. The lowest BCUT2D eigenvalue weighted by molar-refractivity contribution is 0.685. The quantitative estimate of drug-likeness (QED) is 0.669. The number of pyridine rings is 1. The molecule has 0 atom stereocenters. The predicted molar refractivity (Wildman–Crippen MR) is 56.4 cm³/mol. The van der Waals surface area contributed by atoms with Gasteiger partial charge in [0.05, 0.1) is 11.2 Å². The largest absolute Gasteiger partial charge is 0.241 e. The molecule has 0 N–H and O–H groups in total. The van der Waals surface area contributed by atoms with Crippen LogP contribution < -0.4 is 0 Å². The van der Waals surface area contributed by atoms with Gasteiger partial charge in [0, 0.05) is 12.1 Å². The average Bonchev–Trinajstić information content (AvgIpc) is 2.86. The van der Waals surface area contributed by atoms with Crippen LogP contribution in [0.25, 0.3) is 5.52 Å². The Morgan fingerprint density at radius 2 is 2.07 bits per heavy atom.